The van der Waals surface area contributed by atoms with Crippen molar-refractivity contribution in [2.75, 3.05) is 13.7 Å². The van der Waals surface area contributed by atoms with E-state index in [9.17, 15) is 0 Å². The van der Waals surface area contributed by atoms with E-state index < -0.39 is 0 Å². The molecule has 1 atom stereocenters. The lowest BCUT2D eigenvalue weighted by atomic mass is 9.99. The summed E-state index contributed by atoms with van der Waals surface area (Å²) < 4.78 is 5.46. The molecule has 0 amide bonds. The van der Waals surface area contributed by atoms with E-state index in [4.69, 9.17) is 4.74 Å². The molecule has 1 heterocycles. The van der Waals surface area contributed by atoms with E-state index in [1.807, 2.05) is 12.1 Å². The number of methoxy groups -OCH3 is 1. The lowest BCUT2D eigenvalue weighted by Crippen LogP contribution is -2.17. The molecular weight excluding hydrogens is 246 g/mol. The van der Waals surface area contributed by atoms with Gasteiger partial charge in [-0.1, -0.05) is 54.6 Å². The number of ether oxygens (including phenoxy) is 1. The Morgan fingerprint density at radius 3 is 2.60 bits per heavy atom. The number of benzene rings is 2. The first-order chi connectivity index (χ1) is 9.86. The molecule has 0 bridgehead atoms. The van der Waals surface area contributed by atoms with Crippen LogP contribution in [-0.2, 0) is 6.54 Å². The predicted molar refractivity (Wildman–Crippen MR) is 81.7 cm³/mol. The molecule has 0 aromatic heterocycles. The Kier molecular flexibility index (Phi) is 3.73. The Morgan fingerprint density at radius 1 is 1.05 bits per heavy atom. The lowest BCUT2D eigenvalue weighted by Gasteiger charge is -2.19. The predicted octanol–water partition coefficient (Wildman–Crippen LogP) is 3.81. The topological polar surface area (TPSA) is 12.5 Å². The minimum atomic E-state index is 0.412. The Morgan fingerprint density at radius 2 is 1.80 bits per heavy atom. The molecule has 1 aliphatic rings. The highest BCUT2D eigenvalue weighted by atomic mass is 16.5. The van der Waals surface area contributed by atoms with Gasteiger partial charge in [0.15, 0.2) is 0 Å². The molecule has 0 aliphatic carbocycles. The van der Waals surface area contributed by atoms with Gasteiger partial charge in [-0.15, -0.1) is 0 Å². The van der Waals surface area contributed by atoms with Gasteiger partial charge >= 0.3 is 0 Å². The van der Waals surface area contributed by atoms with E-state index >= 15 is 0 Å². The molecule has 1 unspecified atom stereocenters. The number of hydrogen-bond donors (Lipinski definition) is 0. The molecule has 0 radical (unpaired) electrons. The van der Waals surface area contributed by atoms with Crippen molar-refractivity contribution in [1.82, 2.24) is 4.90 Å². The number of hydrogen-bond acceptors (Lipinski definition) is 2. The van der Waals surface area contributed by atoms with Gasteiger partial charge < -0.3 is 9.64 Å². The van der Waals surface area contributed by atoms with Gasteiger partial charge in [0.25, 0.3) is 0 Å². The third kappa shape index (κ3) is 2.69. The minimum Gasteiger partial charge on any atom is -0.496 e. The fourth-order valence-electron chi connectivity index (χ4n) is 2.71. The van der Waals surface area contributed by atoms with Crippen molar-refractivity contribution in [2.24, 2.45) is 0 Å². The van der Waals surface area contributed by atoms with E-state index in [-0.39, 0.29) is 0 Å². The molecule has 0 spiro atoms. The second-order valence-electron chi connectivity index (χ2n) is 5.11. The maximum absolute atomic E-state index is 5.46. The van der Waals surface area contributed by atoms with Gasteiger partial charge in [0.1, 0.15) is 5.75 Å². The van der Waals surface area contributed by atoms with E-state index in [1.165, 1.54) is 11.1 Å². The maximum Gasteiger partial charge on any atom is 0.122 e. The molecule has 3 rings (SSSR count). The van der Waals surface area contributed by atoms with Crippen LogP contribution in [0.5, 0.6) is 5.75 Å². The highest BCUT2D eigenvalue weighted by molar-refractivity contribution is 5.39. The summed E-state index contributed by atoms with van der Waals surface area (Å²) in [7, 11) is 1.74. The van der Waals surface area contributed by atoms with E-state index in [0.29, 0.717) is 5.92 Å². The van der Waals surface area contributed by atoms with E-state index in [2.05, 4.69) is 59.6 Å². The van der Waals surface area contributed by atoms with Gasteiger partial charge in [0, 0.05) is 24.6 Å². The maximum atomic E-state index is 5.46. The van der Waals surface area contributed by atoms with Gasteiger partial charge in [0.2, 0.25) is 0 Å². The molecular formula is C18H19NO. The summed E-state index contributed by atoms with van der Waals surface area (Å²) in [5, 5.41) is 0. The van der Waals surface area contributed by atoms with Crippen molar-refractivity contribution >= 4 is 0 Å². The first-order valence-electron chi connectivity index (χ1n) is 6.96. The molecule has 0 saturated carbocycles. The SMILES string of the molecule is COc1ccccc1C1C=CN(Cc2ccccc2)C1. The largest absolute Gasteiger partial charge is 0.496 e. The fourth-order valence-corrected chi connectivity index (χ4v) is 2.71. The van der Waals surface area contributed by atoms with Gasteiger partial charge in [-0.05, 0) is 17.8 Å². The standard InChI is InChI=1S/C18H19NO/c1-20-18-10-6-5-9-17(18)16-11-12-19(14-16)13-15-7-3-2-4-8-15/h2-12,16H,13-14H2,1H3. The van der Waals surface area contributed by atoms with Crippen LogP contribution in [0, 0.1) is 0 Å². The third-order valence-corrected chi connectivity index (χ3v) is 3.73. The van der Waals surface area contributed by atoms with Crippen molar-refractivity contribution in [3.8, 4) is 5.75 Å². The molecule has 1 aliphatic heterocycles. The summed E-state index contributed by atoms with van der Waals surface area (Å²) in [6.07, 6.45) is 4.46. The smallest absolute Gasteiger partial charge is 0.122 e. The van der Waals surface area contributed by atoms with Gasteiger partial charge in [-0.3, -0.25) is 0 Å². The lowest BCUT2D eigenvalue weighted by molar-refractivity contribution is 0.376. The minimum absolute atomic E-state index is 0.412. The quantitative estimate of drug-likeness (QED) is 0.833. The van der Waals surface area contributed by atoms with Crippen LogP contribution in [0.2, 0.25) is 0 Å². The van der Waals surface area contributed by atoms with Crippen LogP contribution in [0.1, 0.15) is 17.0 Å². The first kappa shape index (κ1) is 12.8. The summed E-state index contributed by atoms with van der Waals surface area (Å²) in [4.78, 5) is 2.35. The van der Waals surface area contributed by atoms with Crippen molar-refractivity contribution in [3.05, 3.63) is 78.0 Å². The number of para-hydroxylation sites is 1. The fraction of sp³-hybridized carbons (Fsp3) is 0.222. The Bertz CT molecular complexity index is 591. The average Bonchev–Trinajstić information content (AvgIpc) is 2.96. The highest BCUT2D eigenvalue weighted by Gasteiger charge is 2.20. The van der Waals surface area contributed by atoms with Crippen LogP contribution in [0.25, 0.3) is 0 Å². The van der Waals surface area contributed by atoms with Crippen molar-refractivity contribution in [2.45, 2.75) is 12.5 Å². The molecule has 0 fully saturated rings. The van der Waals surface area contributed by atoms with Crippen molar-refractivity contribution in [3.63, 3.8) is 0 Å². The number of nitrogens with zero attached hydrogens (tertiary/aromatic N) is 1. The summed E-state index contributed by atoms with van der Waals surface area (Å²) in [6, 6.07) is 18.9. The van der Waals surface area contributed by atoms with Gasteiger partial charge in [0.05, 0.1) is 7.11 Å². The second kappa shape index (κ2) is 5.83. The van der Waals surface area contributed by atoms with Gasteiger partial charge in [-0.2, -0.15) is 0 Å². The van der Waals surface area contributed by atoms with E-state index in [1.54, 1.807) is 7.11 Å². The van der Waals surface area contributed by atoms with Crippen LogP contribution < -0.4 is 4.74 Å². The van der Waals surface area contributed by atoms with Crippen LogP contribution in [-0.4, -0.2) is 18.6 Å². The summed E-state index contributed by atoms with van der Waals surface area (Å²) in [5.74, 6) is 1.39. The highest BCUT2D eigenvalue weighted by Crippen LogP contribution is 2.31. The van der Waals surface area contributed by atoms with Crippen LogP contribution in [0.3, 0.4) is 0 Å². The zero-order chi connectivity index (χ0) is 13.8. The molecule has 2 heteroatoms. The second-order valence-corrected chi connectivity index (χ2v) is 5.11. The Hall–Kier alpha value is -2.22. The summed E-state index contributed by atoms with van der Waals surface area (Å²) in [6.45, 7) is 1.97. The monoisotopic (exact) mass is 265 g/mol. The first-order valence-corrected chi connectivity index (χ1v) is 6.96. The summed E-state index contributed by atoms with van der Waals surface area (Å²) >= 11 is 0. The molecule has 0 saturated heterocycles. The van der Waals surface area contributed by atoms with Crippen molar-refractivity contribution < 1.29 is 4.74 Å². The average molecular weight is 265 g/mol. The van der Waals surface area contributed by atoms with Crippen LogP contribution in [0.15, 0.2) is 66.9 Å². The van der Waals surface area contributed by atoms with Crippen LogP contribution in [0.4, 0.5) is 0 Å². The molecule has 20 heavy (non-hydrogen) atoms. The van der Waals surface area contributed by atoms with E-state index in [0.717, 1.165) is 18.8 Å². The van der Waals surface area contributed by atoms with Crippen molar-refractivity contribution in [1.29, 1.82) is 0 Å². The van der Waals surface area contributed by atoms with Gasteiger partial charge in [-0.25, -0.2) is 0 Å². The zero-order valence-electron chi connectivity index (χ0n) is 11.7. The number of rotatable bonds is 4. The zero-order valence-corrected chi connectivity index (χ0v) is 11.7. The molecule has 2 aromatic carbocycles. The Labute approximate surface area is 120 Å². The molecule has 2 aromatic rings. The molecule has 2 nitrogen and oxygen atoms in total. The molecule has 102 valence electrons. The summed E-state index contributed by atoms with van der Waals surface area (Å²) in [5.41, 5.74) is 2.61. The third-order valence-electron chi connectivity index (χ3n) is 3.73. The van der Waals surface area contributed by atoms with Crippen LogP contribution >= 0.6 is 0 Å². The normalized spacial score (nSPS) is 17.4. The Balaban J connectivity index is 1.70. The molecule has 0 N–H and O–H groups in total.